The van der Waals surface area contributed by atoms with Crippen LogP contribution in [0.25, 0.3) is 0 Å². The number of hydrogen-bond acceptors (Lipinski definition) is 2. The molecule has 3 N–H and O–H groups in total. The Morgan fingerprint density at radius 3 is 2.37 bits per heavy atom. The highest BCUT2D eigenvalue weighted by atomic mass is 35.6. The maximum absolute atomic E-state index is 12.5. The highest BCUT2D eigenvalue weighted by Gasteiger charge is 2.35. The minimum absolute atomic E-state index is 0.166. The van der Waals surface area contributed by atoms with Gasteiger partial charge in [-0.1, -0.05) is 70.1 Å². The number of carbonyl (C=O) groups excluding carboxylic acids is 1. The predicted molar refractivity (Wildman–Crippen MR) is 119 cm³/mol. The average Bonchev–Trinajstić information content (AvgIpc) is 2.53. The summed E-state index contributed by atoms with van der Waals surface area (Å²) >= 11 is 35.1. The van der Waals surface area contributed by atoms with E-state index in [1.807, 2.05) is 31.2 Å². The van der Waals surface area contributed by atoms with Gasteiger partial charge in [0.2, 0.25) is 3.79 Å². The Morgan fingerprint density at radius 1 is 1.07 bits per heavy atom. The van der Waals surface area contributed by atoms with Crippen LogP contribution >= 0.6 is 70.2 Å². The lowest BCUT2D eigenvalue weighted by atomic mass is 10.2. The standard InChI is InChI=1S/C17H14Cl5N3OS/c1-9-3-2-4-11(7-9)23-16(27)25-15(17(20,21)22)24-14(26)12-6-5-10(18)8-13(12)19/h2-8,15H,1H3,(H,24,26)(H2,23,25,27)/t15-/m1/s1. The van der Waals surface area contributed by atoms with Gasteiger partial charge >= 0.3 is 0 Å². The second kappa shape index (κ2) is 9.50. The van der Waals surface area contributed by atoms with Gasteiger partial charge in [0.25, 0.3) is 5.91 Å². The largest absolute Gasteiger partial charge is 0.339 e. The van der Waals surface area contributed by atoms with Crippen molar-refractivity contribution in [2.75, 3.05) is 5.32 Å². The van der Waals surface area contributed by atoms with Gasteiger partial charge < -0.3 is 16.0 Å². The fourth-order valence-corrected chi connectivity index (χ4v) is 3.16. The predicted octanol–water partition coefficient (Wildman–Crippen LogP) is 5.71. The van der Waals surface area contributed by atoms with Gasteiger partial charge in [0, 0.05) is 10.7 Å². The zero-order valence-electron chi connectivity index (χ0n) is 13.8. The van der Waals surface area contributed by atoms with E-state index in [-0.39, 0.29) is 15.7 Å². The van der Waals surface area contributed by atoms with E-state index in [1.165, 1.54) is 18.2 Å². The topological polar surface area (TPSA) is 53.2 Å². The molecule has 0 unspecified atom stereocenters. The van der Waals surface area contributed by atoms with E-state index in [1.54, 1.807) is 0 Å². The zero-order valence-corrected chi connectivity index (χ0v) is 18.4. The van der Waals surface area contributed by atoms with E-state index in [0.717, 1.165) is 11.3 Å². The van der Waals surface area contributed by atoms with Crippen LogP contribution in [0.4, 0.5) is 5.69 Å². The van der Waals surface area contributed by atoms with Gasteiger partial charge in [-0.3, -0.25) is 4.79 Å². The third kappa shape index (κ3) is 6.86. The second-order valence-electron chi connectivity index (χ2n) is 5.54. The van der Waals surface area contributed by atoms with E-state index in [9.17, 15) is 4.79 Å². The van der Waals surface area contributed by atoms with E-state index < -0.39 is 15.9 Å². The molecule has 2 rings (SSSR count). The summed E-state index contributed by atoms with van der Waals surface area (Å²) in [6, 6.07) is 12.0. The normalized spacial score (nSPS) is 12.2. The Morgan fingerprint density at radius 2 is 1.78 bits per heavy atom. The lowest BCUT2D eigenvalue weighted by molar-refractivity contribution is 0.0934. The number of thiocarbonyl (C=S) groups is 1. The summed E-state index contributed by atoms with van der Waals surface area (Å²) in [5, 5.41) is 9.04. The van der Waals surface area contributed by atoms with Crippen LogP contribution in [0.3, 0.4) is 0 Å². The molecule has 0 fully saturated rings. The summed E-state index contributed by atoms with van der Waals surface area (Å²) < 4.78 is -1.88. The quantitative estimate of drug-likeness (QED) is 0.295. The van der Waals surface area contributed by atoms with Crippen LogP contribution < -0.4 is 16.0 Å². The maximum Gasteiger partial charge on any atom is 0.254 e. The lowest BCUT2D eigenvalue weighted by Crippen LogP contribution is -2.56. The third-order valence-electron chi connectivity index (χ3n) is 3.33. The Bertz CT molecular complexity index is 857. The fraction of sp³-hybridized carbons (Fsp3) is 0.176. The number of nitrogens with one attached hydrogen (secondary N) is 3. The fourth-order valence-electron chi connectivity index (χ4n) is 2.10. The van der Waals surface area contributed by atoms with Gasteiger partial charge in [-0.15, -0.1) is 0 Å². The molecule has 0 saturated heterocycles. The van der Waals surface area contributed by atoms with E-state index in [2.05, 4.69) is 16.0 Å². The molecule has 0 bridgehead atoms. The molecule has 27 heavy (non-hydrogen) atoms. The number of benzene rings is 2. The molecular weight excluding hydrogens is 472 g/mol. The Kier molecular flexibility index (Phi) is 7.86. The molecule has 0 aliphatic heterocycles. The number of alkyl halides is 3. The van der Waals surface area contributed by atoms with Crippen molar-refractivity contribution in [1.82, 2.24) is 10.6 Å². The smallest absolute Gasteiger partial charge is 0.254 e. The number of aryl methyl sites for hydroxylation is 1. The Balaban J connectivity index is 2.11. The molecule has 144 valence electrons. The zero-order chi connectivity index (χ0) is 20.2. The first-order chi connectivity index (χ1) is 12.6. The van der Waals surface area contributed by atoms with Crippen molar-refractivity contribution in [1.29, 1.82) is 0 Å². The summed E-state index contributed by atoms with van der Waals surface area (Å²) in [4.78, 5) is 12.5. The van der Waals surface area contributed by atoms with Crippen molar-refractivity contribution in [3.63, 3.8) is 0 Å². The molecule has 1 amide bonds. The molecule has 0 aliphatic rings. The minimum Gasteiger partial charge on any atom is -0.339 e. The first-order valence-electron chi connectivity index (χ1n) is 7.53. The van der Waals surface area contributed by atoms with Crippen molar-refractivity contribution < 1.29 is 4.79 Å². The van der Waals surface area contributed by atoms with Crippen molar-refractivity contribution in [2.24, 2.45) is 0 Å². The molecule has 0 spiro atoms. The van der Waals surface area contributed by atoms with Crippen molar-refractivity contribution in [3.05, 3.63) is 63.6 Å². The number of hydrogen-bond donors (Lipinski definition) is 3. The van der Waals surface area contributed by atoms with Gasteiger partial charge in [-0.2, -0.15) is 0 Å². The number of anilines is 1. The number of rotatable bonds is 4. The molecule has 0 aliphatic carbocycles. The van der Waals surface area contributed by atoms with Crippen LogP contribution in [0.5, 0.6) is 0 Å². The molecule has 1 atom stereocenters. The van der Waals surface area contributed by atoms with Crippen LogP contribution in [0.2, 0.25) is 10.0 Å². The summed E-state index contributed by atoms with van der Waals surface area (Å²) in [5.41, 5.74) is 1.98. The maximum atomic E-state index is 12.5. The monoisotopic (exact) mass is 483 g/mol. The highest BCUT2D eigenvalue weighted by molar-refractivity contribution is 7.80. The molecule has 4 nitrogen and oxygen atoms in total. The second-order valence-corrected chi connectivity index (χ2v) is 9.16. The van der Waals surface area contributed by atoms with Crippen molar-refractivity contribution in [3.8, 4) is 0 Å². The SMILES string of the molecule is Cc1cccc(NC(=S)N[C@@H](NC(=O)c2ccc(Cl)cc2Cl)C(Cl)(Cl)Cl)c1. The Labute approximate surface area is 187 Å². The van der Waals surface area contributed by atoms with Gasteiger partial charge in [0.15, 0.2) is 5.11 Å². The highest BCUT2D eigenvalue weighted by Crippen LogP contribution is 2.30. The Hall–Kier alpha value is -0.950. The summed E-state index contributed by atoms with van der Waals surface area (Å²) in [6.07, 6.45) is -1.12. The molecule has 10 heteroatoms. The minimum atomic E-state index is -1.88. The molecule has 0 heterocycles. The van der Waals surface area contributed by atoms with Crippen LogP contribution in [0.1, 0.15) is 15.9 Å². The first-order valence-corrected chi connectivity index (χ1v) is 9.83. The van der Waals surface area contributed by atoms with Crippen molar-refractivity contribution >= 4 is 86.9 Å². The molecule has 2 aromatic carbocycles. The van der Waals surface area contributed by atoms with Gasteiger partial charge in [-0.25, -0.2) is 0 Å². The lowest BCUT2D eigenvalue weighted by Gasteiger charge is -2.28. The van der Waals surface area contributed by atoms with Gasteiger partial charge in [0.05, 0.1) is 10.6 Å². The summed E-state index contributed by atoms with van der Waals surface area (Å²) in [6.45, 7) is 1.95. The number of halogens is 5. The van der Waals surface area contributed by atoms with E-state index >= 15 is 0 Å². The number of amides is 1. The molecule has 0 saturated carbocycles. The third-order valence-corrected chi connectivity index (χ3v) is 4.75. The van der Waals surface area contributed by atoms with Crippen LogP contribution in [-0.2, 0) is 0 Å². The molecular formula is C17H14Cl5N3OS. The summed E-state index contributed by atoms with van der Waals surface area (Å²) in [7, 11) is 0. The van der Waals surface area contributed by atoms with E-state index in [0.29, 0.717) is 5.02 Å². The van der Waals surface area contributed by atoms with Crippen LogP contribution in [0, 0.1) is 6.92 Å². The number of carbonyl (C=O) groups is 1. The van der Waals surface area contributed by atoms with Gasteiger partial charge in [-0.05, 0) is 55.0 Å². The van der Waals surface area contributed by atoms with Gasteiger partial charge in [0.1, 0.15) is 6.17 Å². The molecule has 0 aromatic heterocycles. The van der Waals surface area contributed by atoms with Crippen molar-refractivity contribution in [2.45, 2.75) is 16.9 Å². The average molecular weight is 486 g/mol. The van der Waals surface area contributed by atoms with Crippen LogP contribution in [-0.4, -0.2) is 21.0 Å². The molecule has 0 radical (unpaired) electrons. The van der Waals surface area contributed by atoms with Crippen LogP contribution in [0.15, 0.2) is 42.5 Å². The molecule has 2 aromatic rings. The first kappa shape index (κ1) is 22.3. The van der Waals surface area contributed by atoms with E-state index in [4.69, 9.17) is 70.2 Å². The summed E-state index contributed by atoms with van der Waals surface area (Å²) in [5.74, 6) is -0.557.